The Balaban J connectivity index is 2.44. The molecular weight excluding hydrogens is 214 g/mol. The first-order valence-electron chi connectivity index (χ1n) is 5.72. The molecule has 0 radical (unpaired) electrons. The third-order valence-corrected chi connectivity index (χ3v) is 2.45. The predicted molar refractivity (Wildman–Crippen MR) is 66.8 cm³/mol. The molecule has 0 fully saturated rings. The predicted octanol–water partition coefficient (Wildman–Crippen LogP) is 2.09. The Morgan fingerprint density at radius 3 is 2.82 bits per heavy atom. The summed E-state index contributed by atoms with van der Waals surface area (Å²) < 4.78 is 0. The molecule has 0 amide bonds. The van der Waals surface area contributed by atoms with Gasteiger partial charge in [0, 0.05) is 18.0 Å². The molecule has 0 atom stereocenters. The van der Waals surface area contributed by atoms with Crippen molar-refractivity contribution in [1.29, 1.82) is 0 Å². The molecule has 2 rings (SSSR count). The van der Waals surface area contributed by atoms with Crippen molar-refractivity contribution in [2.75, 3.05) is 0 Å². The minimum absolute atomic E-state index is 0.124. The molecule has 0 saturated carbocycles. The zero-order valence-electron chi connectivity index (χ0n) is 10.0. The number of H-pyrrole nitrogens is 1. The van der Waals surface area contributed by atoms with E-state index in [1.54, 1.807) is 12.3 Å². The normalized spacial score (nSPS) is 10.5. The van der Waals surface area contributed by atoms with Crippen LogP contribution < -0.4 is 5.56 Å². The Bertz CT molecular complexity index is 558. The summed E-state index contributed by atoms with van der Waals surface area (Å²) in [6.45, 7) is 4.03. The molecule has 4 heteroatoms. The van der Waals surface area contributed by atoms with E-state index >= 15 is 0 Å². The molecule has 0 unspecified atom stereocenters. The number of nitrogens with one attached hydrogen (secondary N) is 1. The smallest absolute Gasteiger partial charge is 0.251 e. The van der Waals surface area contributed by atoms with Gasteiger partial charge in [0.1, 0.15) is 5.69 Å². The van der Waals surface area contributed by atoms with E-state index in [1.807, 2.05) is 19.1 Å². The summed E-state index contributed by atoms with van der Waals surface area (Å²) >= 11 is 0. The van der Waals surface area contributed by atoms with Gasteiger partial charge in [-0.15, -0.1) is 0 Å². The number of hydrogen-bond acceptors (Lipinski definition) is 3. The first kappa shape index (κ1) is 11.5. The number of nitrogens with zero attached hydrogens (tertiary/aromatic N) is 2. The molecule has 2 aromatic rings. The second-order valence-corrected chi connectivity index (χ2v) is 4.06. The molecule has 0 bridgehead atoms. The first-order chi connectivity index (χ1) is 8.19. The number of pyridine rings is 1. The van der Waals surface area contributed by atoms with Gasteiger partial charge in [0.05, 0.1) is 0 Å². The Kier molecular flexibility index (Phi) is 3.32. The lowest BCUT2D eigenvalue weighted by atomic mass is 10.2. The summed E-state index contributed by atoms with van der Waals surface area (Å²) in [5.74, 6) is 0.543. The highest BCUT2D eigenvalue weighted by molar-refractivity contribution is 5.48. The molecule has 0 aliphatic carbocycles. The van der Waals surface area contributed by atoms with Crippen molar-refractivity contribution < 1.29 is 0 Å². The lowest BCUT2D eigenvalue weighted by Crippen LogP contribution is -2.10. The van der Waals surface area contributed by atoms with Gasteiger partial charge in [-0.05, 0) is 25.0 Å². The quantitative estimate of drug-likeness (QED) is 0.876. The molecule has 88 valence electrons. The first-order valence-corrected chi connectivity index (χ1v) is 5.72. The molecule has 0 spiro atoms. The number of aromatic nitrogens is 3. The summed E-state index contributed by atoms with van der Waals surface area (Å²) in [5, 5.41) is 0. The van der Waals surface area contributed by atoms with E-state index < -0.39 is 0 Å². The van der Waals surface area contributed by atoms with E-state index in [0.717, 1.165) is 24.1 Å². The Labute approximate surface area is 99.8 Å². The maximum Gasteiger partial charge on any atom is 0.251 e. The van der Waals surface area contributed by atoms with Gasteiger partial charge in [-0.1, -0.05) is 19.4 Å². The fourth-order valence-electron chi connectivity index (χ4n) is 1.62. The van der Waals surface area contributed by atoms with Crippen LogP contribution in [0, 0.1) is 6.92 Å². The summed E-state index contributed by atoms with van der Waals surface area (Å²) in [6.07, 6.45) is 3.54. The van der Waals surface area contributed by atoms with Gasteiger partial charge in [0.15, 0.2) is 5.82 Å². The summed E-state index contributed by atoms with van der Waals surface area (Å²) in [4.78, 5) is 22.9. The summed E-state index contributed by atoms with van der Waals surface area (Å²) in [6, 6.07) is 5.36. The maximum atomic E-state index is 11.5. The Hall–Kier alpha value is -1.97. The molecule has 0 saturated heterocycles. The second kappa shape index (κ2) is 4.91. The highest BCUT2D eigenvalue weighted by atomic mass is 16.1. The molecule has 0 aromatic carbocycles. The van der Waals surface area contributed by atoms with Gasteiger partial charge in [0.2, 0.25) is 0 Å². The highest BCUT2D eigenvalue weighted by Gasteiger charge is 2.04. The van der Waals surface area contributed by atoms with Crippen LogP contribution in [-0.2, 0) is 6.42 Å². The molecule has 2 heterocycles. The van der Waals surface area contributed by atoms with Crippen LogP contribution in [0.1, 0.15) is 24.6 Å². The number of aromatic amines is 1. The standard InChI is InChI=1S/C13H15N3O/c1-3-4-10-7-12(17)16-13(15-10)11-6-5-9(2)8-14-11/h5-8H,3-4H2,1-2H3,(H,15,16,17). The molecule has 17 heavy (non-hydrogen) atoms. The van der Waals surface area contributed by atoms with Gasteiger partial charge in [-0.3, -0.25) is 9.78 Å². The van der Waals surface area contributed by atoms with Crippen molar-refractivity contribution in [3.63, 3.8) is 0 Å². The van der Waals surface area contributed by atoms with Crippen LogP contribution >= 0.6 is 0 Å². The lowest BCUT2D eigenvalue weighted by Gasteiger charge is -2.03. The minimum atomic E-state index is -0.124. The van der Waals surface area contributed by atoms with Crippen LogP contribution in [0.2, 0.25) is 0 Å². The fourth-order valence-corrected chi connectivity index (χ4v) is 1.62. The van der Waals surface area contributed by atoms with Gasteiger partial charge < -0.3 is 4.98 Å². The van der Waals surface area contributed by atoms with Gasteiger partial charge in [0.25, 0.3) is 5.56 Å². The van der Waals surface area contributed by atoms with E-state index in [1.165, 1.54) is 0 Å². The number of rotatable bonds is 3. The van der Waals surface area contributed by atoms with E-state index in [0.29, 0.717) is 11.5 Å². The summed E-state index contributed by atoms with van der Waals surface area (Å²) in [7, 11) is 0. The monoisotopic (exact) mass is 229 g/mol. The zero-order valence-corrected chi connectivity index (χ0v) is 10.0. The van der Waals surface area contributed by atoms with Gasteiger partial charge >= 0.3 is 0 Å². The number of aryl methyl sites for hydroxylation is 2. The molecule has 0 aliphatic rings. The number of hydrogen-bond donors (Lipinski definition) is 1. The molecule has 1 N–H and O–H groups in total. The molecule has 4 nitrogen and oxygen atoms in total. The minimum Gasteiger partial charge on any atom is -0.305 e. The molecular formula is C13H15N3O. The van der Waals surface area contributed by atoms with Crippen molar-refractivity contribution in [2.45, 2.75) is 26.7 Å². The molecule has 0 aliphatic heterocycles. The average Bonchev–Trinajstić information content (AvgIpc) is 2.29. The van der Waals surface area contributed by atoms with Crippen molar-refractivity contribution in [3.05, 3.63) is 46.0 Å². The van der Waals surface area contributed by atoms with Crippen molar-refractivity contribution in [3.8, 4) is 11.5 Å². The topological polar surface area (TPSA) is 58.6 Å². The highest BCUT2D eigenvalue weighted by Crippen LogP contribution is 2.11. The second-order valence-electron chi connectivity index (χ2n) is 4.06. The van der Waals surface area contributed by atoms with E-state index in [9.17, 15) is 4.79 Å². The summed E-state index contributed by atoms with van der Waals surface area (Å²) in [5.41, 5.74) is 2.47. The van der Waals surface area contributed by atoms with Crippen molar-refractivity contribution in [1.82, 2.24) is 15.0 Å². The van der Waals surface area contributed by atoms with Gasteiger partial charge in [-0.2, -0.15) is 0 Å². The van der Waals surface area contributed by atoms with Crippen LogP contribution in [0.15, 0.2) is 29.2 Å². The van der Waals surface area contributed by atoms with Crippen LogP contribution in [0.25, 0.3) is 11.5 Å². The van der Waals surface area contributed by atoms with Crippen LogP contribution in [0.5, 0.6) is 0 Å². The van der Waals surface area contributed by atoms with Crippen LogP contribution in [-0.4, -0.2) is 15.0 Å². The van der Waals surface area contributed by atoms with E-state index in [4.69, 9.17) is 0 Å². The fraction of sp³-hybridized carbons (Fsp3) is 0.308. The SMILES string of the molecule is CCCc1cc(=O)[nH]c(-c2ccc(C)cn2)n1. The molecule has 2 aromatic heterocycles. The maximum absolute atomic E-state index is 11.5. The van der Waals surface area contributed by atoms with Crippen molar-refractivity contribution in [2.24, 2.45) is 0 Å². The van der Waals surface area contributed by atoms with Crippen LogP contribution in [0.3, 0.4) is 0 Å². The van der Waals surface area contributed by atoms with Crippen LogP contribution in [0.4, 0.5) is 0 Å². The largest absolute Gasteiger partial charge is 0.305 e. The Morgan fingerprint density at radius 2 is 2.18 bits per heavy atom. The lowest BCUT2D eigenvalue weighted by molar-refractivity contribution is 0.868. The Morgan fingerprint density at radius 1 is 1.35 bits per heavy atom. The zero-order chi connectivity index (χ0) is 12.3. The van der Waals surface area contributed by atoms with Gasteiger partial charge in [-0.25, -0.2) is 4.98 Å². The third-order valence-electron chi connectivity index (χ3n) is 2.45. The van der Waals surface area contributed by atoms with Crippen molar-refractivity contribution >= 4 is 0 Å². The van der Waals surface area contributed by atoms with E-state index in [-0.39, 0.29) is 5.56 Å². The average molecular weight is 229 g/mol. The van der Waals surface area contributed by atoms with E-state index in [2.05, 4.69) is 21.9 Å². The third kappa shape index (κ3) is 2.78.